The highest BCUT2D eigenvalue weighted by atomic mass is 32.2. The monoisotopic (exact) mass is 572 g/mol. The number of ether oxygens (including phenoxy) is 2. The van der Waals surface area contributed by atoms with Crippen LogP contribution in [0.15, 0.2) is 82.7 Å². The highest BCUT2D eigenvalue weighted by molar-refractivity contribution is 8.18. The molecule has 3 aromatic rings. The Morgan fingerprint density at radius 3 is 2.61 bits per heavy atom. The summed E-state index contributed by atoms with van der Waals surface area (Å²) in [6.07, 6.45) is 1.62. The van der Waals surface area contributed by atoms with Crippen LogP contribution < -0.4 is 4.74 Å². The fourth-order valence-corrected chi connectivity index (χ4v) is 5.48. The summed E-state index contributed by atoms with van der Waals surface area (Å²) in [5.74, 6) is -0.185. The number of benzene rings is 3. The van der Waals surface area contributed by atoms with Crippen molar-refractivity contribution in [2.24, 2.45) is 4.99 Å². The van der Waals surface area contributed by atoms with E-state index < -0.39 is 4.92 Å². The maximum Gasteiger partial charge on any atom is 0.311 e. The zero-order valence-electron chi connectivity index (χ0n) is 22.4. The number of rotatable bonds is 8. The third kappa shape index (κ3) is 6.64. The molecule has 0 aliphatic carbocycles. The van der Waals surface area contributed by atoms with Crippen molar-refractivity contribution >= 4 is 46.2 Å². The van der Waals surface area contributed by atoms with Crippen LogP contribution in [-0.2, 0) is 16.1 Å². The Balaban J connectivity index is 1.36. The Morgan fingerprint density at radius 2 is 1.88 bits per heavy atom. The molecule has 0 saturated carbocycles. The lowest BCUT2D eigenvalue weighted by Gasteiger charge is -2.26. The van der Waals surface area contributed by atoms with Gasteiger partial charge in [-0.2, -0.15) is 0 Å². The predicted molar refractivity (Wildman–Crippen MR) is 157 cm³/mol. The number of morpholine rings is 1. The average molecular weight is 573 g/mol. The van der Waals surface area contributed by atoms with Crippen LogP contribution in [0.3, 0.4) is 0 Å². The Kier molecular flexibility index (Phi) is 8.76. The zero-order chi connectivity index (χ0) is 28.8. The zero-order valence-corrected chi connectivity index (χ0v) is 23.2. The molecule has 2 amide bonds. The quantitative estimate of drug-likeness (QED) is 0.205. The van der Waals surface area contributed by atoms with Gasteiger partial charge in [-0.15, -0.1) is 0 Å². The van der Waals surface area contributed by atoms with Gasteiger partial charge in [0.2, 0.25) is 0 Å². The van der Waals surface area contributed by atoms with E-state index in [1.165, 1.54) is 17.8 Å². The van der Waals surface area contributed by atoms with E-state index in [1.807, 2.05) is 37.3 Å². The molecule has 0 atom stereocenters. The van der Waals surface area contributed by atoms with Crippen molar-refractivity contribution in [1.82, 2.24) is 9.80 Å². The summed E-state index contributed by atoms with van der Waals surface area (Å²) in [7, 11) is 0. The third-order valence-corrected chi connectivity index (χ3v) is 7.54. The van der Waals surface area contributed by atoms with E-state index in [2.05, 4.69) is 4.99 Å². The van der Waals surface area contributed by atoms with E-state index >= 15 is 0 Å². The number of nitro groups is 1. The highest BCUT2D eigenvalue weighted by Crippen LogP contribution is 2.36. The molecule has 0 radical (unpaired) electrons. The maximum absolute atomic E-state index is 13.2. The number of nitro benzene ring substituents is 1. The molecule has 5 rings (SSSR count). The summed E-state index contributed by atoms with van der Waals surface area (Å²) in [5, 5.41) is 12.3. The summed E-state index contributed by atoms with van der Waals surface area (Å²) in [5.41, 5.74) is 2.27. The number of aliphatic imine (C=N–C) groups is 1. The largest absolute Gasteiger partial charge is 0.482 e. The Morgan fingerprint density at radius 1 is 1.10 bits per heavy atom. The molecule has 0 spiro atoms. The van der Waals surface area contributed by atoms with Gasteiger partial charge in [-0.05, 0) is 60.2 Å². The molecule has 2 fully saturated rings. The standard InChI is InChI=1S/C30H28N4O6S/c1-2-33-29(36)27(18-22-11-12-26(25(17-22)34(37)38)40-20-21-7-4-3-5-8-21)41-30(33)31-24-10-6-9-23(19-24)28(35)32-13-15-39-16-14-32/h3-12,17-19H,2,13-16,20H2,1H3/b27-18+,31-30?. The second-order valence-electron chi connectivity index (χ2n) is 9.27. The van der Waals surface area contributed by atoms with E-state index in [1.54, 1.807) is 52.3 Å². The average Bonchev–Trinajstić information content (AvgIpc) is 3.29. The first-order chi connectivity index (χ1) is 19.9. The van der Waals surface area contributed by atoms with E-state index in [0.717, 1.165) is 5.56 Å². The van der Waals surface area contributed by atoms with Gasteiger partial charge in [-0.25, -0.2) is 4.99 Å². The molecule has 2 aliphatic rings. The number of amides is 2. The van der Waals surface area contributed by atoms with Gasteiger partial charge in [0.05, 0.1) is 28.7 Å². The van der Waals surface area contributed by atoms with Gasteiger partial charge in [0.25, 0.3) is 11.8 Å². The molecule has 2 saturated heterocycles. The lowest BCUT2D eigenvalue weighted by Crippen LogP contribution is -2.40. The number of carbonyl (C=O) groups excluding carboxylic acids is 2. The molecule has 10 nitrogen and oxygen atoms in total. The van der Waals surface area contributed by atoms with Crippen LogP contribution in [0.4, 0.5) is 11.4 Å². The summed E-state index contributed by atoms with van der Waals surface area (Å²) in [4.78, 5) is 45.8. The van der Waals surface area contributed by atoms with Crippen LogP contribution in [-0.4, -0.2) is 64.6 Å². The molecule has 2 aliphatic heterocycles. The van der Waals surface area contributed by atoms with E-state index in [4.69, 9.17) is 9.47 Å². The highest BCUT2D eigenvalue weighted by Gasteiger charge is 2.32. The first kappa shape index (κ1) is 28.1. The van der Waals surface area contributed by atoms with Gasteiger partial charge in [-0.3, -0.25) is 24.6 Å². The Bertz CT molecular complexity index is 1520. The molecule has 2 heterocycles. The topological polar surface area (TPSA) is 115 Å². The molecular formula is C30H28N4O6S. The minimum Gasteiger partial charge on any atom is -0.482 e. The van der Waals surface area contributed by atoms with E-state index in [9.17, 15) is 19.7 Å². The maximum atomic E-state index is 13.2. The lowest BCUT2D eigenvalue weighted by molar-refractivity contribution is -0.386. The molecule has 0 bridgehead atoms. The van der Waals surface area contributed by atoms with Gasteiger partial charge < -0.3 is 14.4 Å². The normalized spacial score (nSPS) is 17.3. The van der Waals surface area contributed by atoms with Gasteiger partial charge in [0.15, 0.2) is 10.9 Å². The van der Waals surface area contributed by atoms with Crippen molar-refractivity contribution in [2.75, 3.05) is 32.8 Å². The second-order valence-corrected chi connectivity index (χ2v) is 10.3. The smallest absolute Gasteiger partial charge is 0.311 e. The van der Waals surface area contributed by atoms with Crippen LogP contribution in [0.25, 0.3) is 6.08 Å². The minimum absolute atomic E-state index is 0.0868. The summed E-state index contributed by atoms with van der Waals surface area (Å²) in [6, 6.07) is 21.0. The van der Waals surface area contributed by atoms with Crippen LogP contribution >= 0.6 is 11.8 Å². The molecule has 11 heteroatoms. The first-order valence-corrected chi connectivity index (χ1v) is 14.0. The first-order valence-electron chi connectivity index (χ1n) is 13.2. The predicted octanol–water partition coefficient (Wildman–Crippen LogP) is 5.27. The molecule has 0 N–H and O–H groups in total. The molecular weight excluding hydrogens is 544 g/mol. The third-order valence-electron chi connectivity index (χ3n) is 6.54. The Hall–Kier alpha value is -4.48. The molecule has 0 aromatic heterocycles. The van der Waals surface area contributed by atoms with Crippen molar-refractivity contribution < 1.29 is 24.0 Å². The SMILES string of the molecule is CCN1C(=O)/C(=C\c2ccc(OCc3ccccc3)c([N+](=O)[O-])c2)SC1=Nc1cccc(C(=O)N2CCOCC2)c1. The van der Waals surface area contributed by atoms with Gasteiger partial charge in [0.1, 0.15) is 6.61 Å². The Labute approximate surface area is 241 Å². The number of carbonyl (C=O) groups is 2. The van der Waals surface area contributed by atoms with Crippen LogP contribution in [0, 0.1) is 10.1 Å². The molecule has 41 heavy (non-hydrogen) atoms. The second kappa shape index (κ2) is 12.8. The van der Waals surface area contributed by atoms with Crippen molar-refractivity contribution in [2.45, 2.75) is 13.5 Å². The number of likely N-dealkylation sites (N-methyl/N-ethyl adjacent to an activating group) is 1. The van der Waals surface area contributed by atoms with Crippen LogP contribution in [0.1, 0.15) is 28.4 Å². The number of nitrogens with zero attached hydrogens (tertiary/aromatic N) is 4. The summed E-state index contributed by atoms with van der Waals surface area (Å²) >= 11 is 1.18. The fraction of sp³-hybridized carbons (Fsp3) is 0.233. The fourth-order valence-electron chi connectivity index (χ4n) is 4.41. The lowest BCUT2D eigenvalue weighted by atomic mass is 10.1. The molecule has 0 unspecified atom stereocenters. The summed E-state index contributed by atoms with van der Waals surface area (Å²) < 4.78 is 11.1. The van der Waals surface area contributed by atoms with Crippen LogP contribution in [0.5, 0.6) is 5.75 Å². The van der Waals surface area contributed by atoms with Crippen LogP contribution in [0.2, 0.25) is 0 Å². The van der Waals surface area contributed by atoms with Crippen molar-refractivity contribution in [3.05, 3.63) is 105 Å². The number of thioether (sulfide) groups is 1. The minimum atomic E-state index is -0.498. The van der Waals surface area contributed by atoms with Crippen molar-refractivity contribution in [1.29, 1.82) is 0 Å². The number of hydrogen-bond acceptors (Lipinski definition) is 8. The van der Waals surface area contributed by atoms with Crippen molar-refractivity contribution in [3.8, 4) is 5.75 Å². The summed E-state index contributed by atoms with van der Waals surface area (Å²) in [6.45, 7) is 4.54. The number of amidine groups is 1. The van der Waals surface area contributed by atoms with Crippen molar-refractivity contribution in [3.63, 3.8) is 0 Å². The van der Waals surface area contributed by atoms with Gasteiger partial charge >= 0.3 is 5.69 Å². The molecule has 3 aromatic carbocycles. The molecule has 210 valence electrons. The van der Waals surface area contributed by atoms with E-state index in [0.29, 0.717) is 59.7 Å². The van der Waals surface area contributed by atoms with Gasteiger partial charge in [-0.1, -0.05) is 42.5 Å². The van der Waals surface area contributed by atoms with Gasteiger partial charge in [0, 0.05) is 31.3 Å². The number of hydrogen-bond donors (Lipinski definition) is 0. The van der Waals surface area contributed by atoms with E-state index in [-0.39, 0.29) is 29.9 Å².